The van der Waals surface area contributed by atoms with Crippen molar-refractivity contribution in [2.45, 2.75) is 78.6 Å². The van der Waals surface area contributed by atoms with Gasteiger partial charge in [0.05, 0.1) is 0 Å². The van der Waals surface area contributed by atoms with Gasteiger partial charge in [-0.1, -0.05) is 30.3 Å². The molecule has 2 atom stereocenters. The van der Waals surface area contributed by atoms with Gasteiger partial charge in [-0.15, -0.1) is 0 Å². The Morgan fingerprint density at radius 1 is 1.08 bits per heavy atom. The second kappa shape index (κ2) is 10.6. The van der Waals surface area contributed by atoms with Gasteiger partial charge in [-0.25, -0.2) is 4.79 Å². The average molecular weight is 496 g/mol. The van der Waals surface area contributed by atoms with Crippen molar-refractivity contribution in [1.82, 2.24) is 15.1 Å². The number of benzene rings is 2. The molecular weight excluding hydrogens is 458 g/mol. The summed E-state index contributed by atoms with van der Waals surface area (Å²) < 4.78 is 0. The Labute approximate surface area is 212 Å². The van der Waals surface area contributed by atoms with Gasteiger partial charge in [-0.05, 0) is 81.8 Å². The molecule has 3 N–H and O–H groups in total. The van der Waals surface area contributed by atoms with Crippen molar-refractivity contribution in [3.63, 3.8) is 0 Å². The molecular formula is C28H37N3O5. The molecule has 0 aromatic heterocycles. The molecule has 2 unspecified atom stereocenters. The number of hydrogen-bond acceptors (Lipinski definition) is 4. The third-order valence-electron chi connectivity index (χ3n) is 6.78. The number of phenols is 1. The van der Waals surface area contributed by atoms with Gasteiger partial charge in [0.2, 0.25) is 11.8 Å². The predicted octanol–water partition coefficient (Wildman–Crippen LogP) is 3.79. The minimum absolute atomic E-state index is 0.111. The van der Waals surface area contributed by atoms with E-state index in [4.69, 9.17) is 0 Å². The summed E-state index contributed by atoms with van der Waals surface area (Å²) in [5.74, 6) is -0.591. The Bertz CT molecular complexity index is 1150. The van der Waals surface area contributed by atoms with Crippen LogP contribution in [0.3, 0.4) is 0 Å². The Morgan fingerprint density at radius 3 is 2.33 bits per heavy atom. The van der Waals surface area contributed by atoms with Crippen LogP contribution in [0.5, 0.6) is 5.75 Å². The lowest BCUT2D eigenvalue weighted by molar-refractivity contribution is -0.138. The fraction of sp³-hybridized carbons (Fsp3) is 0.464. The maximum absolute atomic E-state index is 13.6. The number of aryl methyl sites for hydroxylation is 2. The summed E-state index contributed by atoms with van der Waals surface area (Å²) in [4.78, 5) is 41.9. The van der Waals surface area contributed by atoms with Crippen LogP contribution in [0.25, 0.3) is 0 Å². The van der Waals surface area contributed by atoms with Crippen LogP contribution < -0.4 is 5.32 Å². The Hall–Kier alpha value is -3.55. The number of fused-ring (bicyclic) bond motifs is 1. The van der Waals surface area contributed by atoms with Gasteiger partial charge < -0.3 is 20.4 Å². The molecule has 0 saturated heterocycles. The van der Waals surface area contributed by atoms with Crippen LogP contribution in [0, 0.1) is 13.8 Å². The van der Waals surface area contributed by atoms with Crippen molar-refractivity contribution in [3.8, 4) is 5.75 Å². The monoisotopic (exact) mass is 495 g/mol. The number of aromatic hydroxyl groups is 1. The number of rotatable bonds is 6. The second-order valence-corrected chi connectivity index (χ2v) is 10.6. The molecule has 0 saturated carbocycles. The Kier molecular flexibility index (Phi) is 7.96. The SMILES string of the molecule is Cc1cc(CC(C(=O)NC(C)C(=O)N2CCc3ccccc3C2)N(C(=O)O)C(C)(C)C)c(C)cc1O. The number of carbonyl (C=O) groups is 3. The molecule has 1 heterocycles. The molecule has 2 aromatic rings. The Morgan fingerprint density at radius 2 is 1.72 bits per heavy atom. The highest BCUT2D eigenvalue weighted by Gasteiger charge is 2.39. The molecule has 0 aliphatic carbocycles. The summed E-state index contributed by atoms with van der Waals surface area (Å²) in [6.07, 6.45) is -0.357. The van der Waals surface area contributed by atoms with Crippen molar-refractivity contribution in [1.29, 1.82) is 0 Å². The van der Waals surface area contributed by atoms with Crippen LogP contribution in [0.1, 0.15) is 55.5 Å². The quantitative estimate of drug-likeness (QED) is 0.565. The van der Waals surface area contributed by atoms with E-state index in [1.807, 2.05) is 25.1 Å². The summed E-state index contributed by atoms with van der Waals surface area (Å²) in [5.41, 5.74) is 3.61. The molecule has 0 spiro atoms. The predicted molar refractivity (Wildman–Crippen MR) is 138 cm³/mol. The van der Waals surface area contributed by atoms with Crippen molar-refractivity contribution in [2.24, 2.45) is 0 Å². The lowest BCUT2D eigenvalue weighted by Crippen LogP contribution is -2.60. The highest BCUT2D eigenvalue weighted by Crippen LogP contribution is 2.26. The zero-order valence-electron chi connectivity index (χ0n) is 22.0. The molecule has 2 aromatic carbocycles. The van der Waals surface area contributed by atoms with Crippen molar-refractivity contribution >= 4 is 17.9 Å². The third-order valence-corrected chi connectivity index (χ3v) is 6.78. The van der Waals surface area contributed by atoms with Crippen molar-refractivity contribution < 1.29 is 24.6 Å². The number of amides is 3. The van der Waals surface area contributed by atoms with Crippen LogP contribution in [0.2, 0.25) is 0 Å². The maximum atomic E-state index is 13.6. The van der Waals surface area contributed by atoms with Gasteiger partial charge in [0.25, 0.3) is 0 Å². The molecule has 3 rings (SSSR count). The van der Waals surface area contributed by atoms with E-state index < -0.39 is 29.6 Å². The van der Waals surface area contributed by atoms with E-state index in [1.54, 1.807) is 51.7 Å². The van der Waals surface area contributed by atoms with Gasteiger partial charge in [0, 0.05) is 25.0 Å². The fourth-order valence-electron chi connectivity index (χ4n) is 4.81. The van der Waals surface area contributed by atoms with E-state index in [-0.39, 0.29) is 18.1 Å². The first-order valence-electron chi connectivity index (χ1n) is 12.3. The number of carbonyl (C=O) groups excluding carboxylic acids is 2. The molecule has 1 aliphatic rings. The van der Waals surface area contributed by atoms with E-state index in [0.29, 0.717) is 18.7 Å². The molecule has 194 valence electrons. The zero-order chi connectivity index (χ0) is 26.8. The maximum Gasteiger partial charge on any atom is 0.408 e. The lowest BCUT2D eigenvalue weighted by Gasteiger charge is -2.39. The summed E-state index contributed by atoms with van der Waals surface area (Å²) in [5, 5.41) is 22.9. The molecule has 0 radical (unpaired) electrons. The molecule has 1 aliphatic heterocycles. The number of hydrogen-bond donors (Lipinski definition) is 3. The first-order valence-corrected chi connectivity index (χ1v) is 12.3. The third kappa shape index (κ3) is 5.98. The number of carboxylic acid groups (broad SMARTS) is 1. The largest absolute Gasteiger partial charge is 0.508 e. The van der Waals surface area contributed by atoms with E-state index in [9.17, 15) is 24.6 Å². The highest BCUT2D eigenvalue weighted by atomic mass is 16.4. The second-order valence-electron chi connectivity index (χ2n) is 10.6. The molecule has 0 bridgehead atoms. The topological polar surface area (TPSA) is 110 Å². The van der Waals surface area contributed by atoms with Crippen LogP contribution >= 0.6 is 0 Å². The molecule has 8 nitrogen and oxygen atoms in total. The normalized spacial score (nSPS) is 15.0. The summed E-state index contributed by atoms with van der Waals surface area (Å²) in [6.45, 7) is 11.4. The minimum atomic E-state index is -1.22. The fourth-order valence-corrected chi connectivity index (χ4v) is 4.81. The molecule has 0 fully saturated rings. The number of phenolic OH excluding ortho intramolecular Hbond substituents is 1. The van der Waals surface area contributed by atoms with Crippen LogP contribution in [-0.4, -0.2) is 62.1 Å². The summed E-state index contributed by atoms with van der Waals surface area (Å²) >= 11 is 0. The number of nitrogens with one attached hydrogen (secondary N) is 1. The van der Waals surface area contributed by atoms with Crippen LogP contribution in [-0.2, 0) is 29.0 Å². The lowest BCUT2D eigenvalue weighted by atomic mass is 9.94. The van der Waals surface area contributed by atoms with Crippen LogP contribution in [0.15, 0.2) is 36.4 Å². The van der Waals surface area contributed by atoms with Gasteiger partial charge in [0.1, 0.15) is 17.8 Å². The summed E-state index contributed by atoms with van der Waals surface area (Å²) in [6, 6.07) is 9.50. The van der Waals surface area contributed by atoms with Gasteiger partial charge in [-0.2, -0.15) is 0 Å². The van der Waals surface area contributed by atoms with E-state index in [1.165, 1.54) is 5.56 Å². The van der Waals surface area contributed by atoms with Gasteiger partial charge >= 0.3 is 6.09 Å². The van der Waals surface area contributed by atoms with Crippen molar-refractivity contribution in [2.75, 3.05) is 6.54 Å². The molecule has 36 heavy (non-hydrogen) atoms. The minimum Gasteiger partial charge on any atom is -0.508 e. The first kappa shape index (κ1) is 27.0. The van der Waals surface area contributed by atoms with Crippen molar-refractivity contribution in [3.05, 3.63) is 64.2 Å². The highest BCUT2D eigenvalue weighted by molar-refractivity contribution is 5.91. The standard InChI is InChI=1S/C28H37N3O5/c1-17-14-24(32)18(2)13-22(17)15-23(31(27(35)36)28(4,5)6)25(33)29-19(3)26(34)30-12-11-20-9-7-8-10-21(20)16-30/h7-10,13-14,19,23,32H,11-12,15-16H2,1-6H3,(H,29,33)(H,35,36). The average Bonchev–Trinajstić information content (AvgIpc) is 2.79. The smallest absolute Gasteiger partial charge is 0.408 e. The van der Waals surface area contributed by atoms with E-state index in [0.717, 1.165) is 28.0 Å². The van der Waals surface area contributed by atoms with Gasteiger partial charge in [-0.3, -0.25) is 14.5 Å². The van der Waals surface area contributed by atoms with Crippen LogP contribution in [0.4, 0.5) is 4.79 Å². The molecule has 3 amide bonds. The van der Waals surface area contributed by atoms with E-state index in [2.05, 4.69) is 11.4 Å². The number of nitrogens with zero attached hydrogens (tertiary/aromatic N) is 2. The Balaban J connectivity index is 1.84. The first-order chi connectivity index (χ1) is 16.8. The molecule has 8 heteroatoms. The van der Waals surface area contributed by atoms with E-state index >= 15 is 0 Å². The zero-order valence-corrected chi connectivity index (χ0v) is 22.0. The summed E-state index contributed by atoms with van der Waals surface area (Å²) in [7, 11) is 0. The van der Waals surface area contributed by atoms with Gasteiger partial charge in [0.15, 0.2) is 0 Å².